The Kier molecular flexibility index (Phi) is 8.82. The minimum absolute atomic E-state index is 0.0815. The van der Waals surface area contributed by atoms with Crippen molar-refractivity contribution in [1.82, 2.24) is 4.90 Å². The zero-order valence-electron chi connectivity index (χ0n) is 18.9. The van der Waals surface area contributed by atoms with Crippen molar-refractivity contribution in [2.24, 2.45) is 0 Å². The Bertz CT molecular complexity index is 1350. The molecule has 0 N–H and O–H groups in total. The van der Waals surface area contributed by atoms with Gasteiger partial charge in [0.1, 0.15) is 12.4 Å². The van der Waals surface area contributed by atoms with Gasteiger partial charge in [-0.1, -0.05) is 47.5 Å². The van der Waals surface area contributed by atoms with E-state index in [1.165, 1.54) is 17.0 Å². The Morgan fingerprint density at radius 3 is 2.53 bits per heavy atom. The van der Waals surface area contributed by atoms with E-state index in [2.05, 4.69) is 22.6 Å². The maximum absolute atomic E-state index is 14.2. The predicted molar refractivity (Wildman–Crippen MR) is 149 cm³/mol. The van der Waals surface area contributed by atoms with Crippen molar-refractivity contribution in [3.05, 3.63) is 95.6 Å². The fraction of sp³-hybridized carbons (Fsp3) is 0.154. The number of imide groups is 1. The van der Waals surface area contributed by atoms with Crippen LogP contribution in [-0.2, 0) is 17.9 Å². The normalized spacial score (nSPS) is 14.6. The van der Waals surface area contributed by atoms with Crippen LogP contribution < -0.4 is 9.47 Å². The molecule has 0 saturated carbocycles. The van der Waals surface area contributed by atoms with Gasteiger partial charge in [0, 0.05) is 10.6 Å². The number of rotatable bonds is 8. The molecule has 3 aromatic carbocycles. The third-order valence-corrected chi connectivity index (χ3v) is 7.64. The Balaban J connectivity index is 1.58. The molecule has 1 aliphatic rings. The Morgan fingerprint density at radius 2 is 1.81 bits per heavy atom. The molecule has 36 heavy (non-hydrogen) atoms. The lowest BCUT2D eigenvalue weighted by Crippen LogP contribution is -2.27. The summed E-state index contributed by atoms with van der Waals surface area (Å²) in [6.07, 6.45) is 1.64. The first-order chi connectivity index (χ1) is 17.3. The molecule has 0 aliphatic carbocycles. The first-order valence-corrected chi connectivity index (χ1v) is 13.4. The largest absolute Gasteiger partial charge is 0.490 e. The van der Waals surface area contributed by atoms with Crippen LogP contribution in [0.4, 0.5) is 9.18 Å². The third-order valence-electron chi connectivity index (χ3n) is 5.21. The van der Waals surface area contributed by atoms with E-state index >= 15 is 0 Å². The molecule has 0 spiro atoms. The van der Waals surface area contributed by atoms with Gasteiger partial charge in [-0.2, -0.15) is 0 Å². The van der Waals surface area contributed by atoms with E-state index in [0.29, 0.717) is 37.8 Å². The highest BCUT2D eigenvalue weighted by Crippen LogP contribution is 2.39. The van der Waals surface area contributed by atoms with Gasteiger partial charge in [0.2, 0.25) is 0 Å². The molecule has 0 atom stereocenters. The molecule has 0 aromatic heterocycles. The lowest BCUT2D eigenvalue weighted by Gasteiger charge is -2.16. The molecule has 4 rings (SSSR count). The molecule has 0 radical (unpaired) electrons. The van der Waals surface area contributed by atoms with E-state index in [9.17, 15) is 14.0 Å². The molecule has 1 fully saturated rings. The summed E-state index contributed by atoms with van der Waals surface area (Å²) in [5.41, 5.74) is 1.59. The average Bonchev–Trinajstić information content (AvgIpc) is 3.09. The van der Waals surface area contributed by atoms with Crippen LogP contribution in [0.1, 0.15) is 23.6 Å². The maximum Gasteiger partial charge on any atom is 0.293 e. The second-order valence-electron chi connectivity index (χ2n) is 7.61. The SMILES string of the molecule is CCOc1cc(/C=C2\SC(=O)N(Cc3ccccc3Cl)C2=O)cc(I)c1OCc1c(F)cccc1Cl. The number of benzene rings is 3. The van der Waals surface area contributed by atoms with Crippen molar-refractivity contribution in [3.8, 4) is 11.5 Å². The molecule has 10 heteroatoms. The van der Waals surface area contributed by atoms with Crippen LogP contribution in [0.3, 0.4) is 0 Å². The van der Waals surface area contributed by atoms with E-state index in [1.54, 1.807) is 48.5 Å². The second kappa shape index (κ2) is 11.9. The van der Waals surface area contributed by atoms with Crippen LogP contribution in [0.15, 0.2) is 59.5 Å². The number of carbonyl (C=O) groups excluding carboxylic acids is 2. The average molecular weight is 658 g/mol. The van der Waals surface area contributed by atoms with Gasteiger partial charge in [-0.3, -0.25) is 14.5 Å². The predicted octanol–water partition coefficient (Wildman–Crippen LogP) is 7.95. The van der Waals surface area contributed by atoms with Crippen LogP contribution in [-0.4, -0.2) is 22.7 Å². The molecule has 1 saturated heterocycles. The topological polar surface area (TPSA) is 55.8 Å². The molecule has 1 aliphatic heterocycles. The molecule has 0 bridgehead atoms. The van der Waals surface area contributed by atoms with Gasteiger partial charge >= 0.3 is 0 Å². The van der Waals surface area contributed by atoms with Gasteiger partial charge in [-0.25, -0.2) is 4.39 Å². The van der Waals surface area contributed by atoms with Crippen LogP contribution >= 0.6 is 57.6 Å². The number of halogens is 4. The van der Waals surface area contributed by atoms with E-state index in [4.69, 9.17) is 32.7 Å². The Labute approximate surface area is 235 Å². The highest BCUT2D eigenvalue weighted by Gasteiger charge is 2.35. The minimum Gasteiger partial charge on any atom is -0.490 e. The summed E-state index contributed by atoms with van der Waals surface area (Å²) in [6.45, 7) is 2.21. The number of thioether (sulfide) groups is 1. The lowest BCUT2D eigenvalue weighted by atomic mass is 10.1. The van der Waals surface area contributed by atoms with E-state index < -0.39 is 11.7 Å². The summed E-state index contributed by atoms with van der Waals surface area (Å²) >= 11 is 15.3. The summed E-state index contributed by atoms with van der Waals surface area (Å²) in [5.74, 6) is 0.00571. The van der Waals surface area contributed by atoms with Crippen molar-refractivity contribution >= 4 is 74.8 Å². The van der Waals surface area contributed by atoms with Crippen molar-refractivity contribution < 1.29 is 23.5 Å². The Hall–Kier alpha value is -2.27. The van der Waals surface area contributed by atoms with Gasteiger partial charge in [0.05, 0.1) is 26.6 Å². The van der Waals surface area contributed by atoms with Gasteiger partial charge in [-0.15, -0.1) is 0 Å². The number of nitrogens with zero attached hydrogens (tertiary/aromatic N) is 1. The zero-order valence-corrected chi connectivity index (χ0v) is 23.4. The summed E-state index contributed by atoms with van der Waals surface area (Å²) in [6, 6.07) is 15.0. The van der Waals surface area contributed by atoms with Gasteiger partial charge in [0.15, 0.2) is 11.5 Å². The van der Waals surface area contributed by atoms with Gasteiger partial charge in [0.25, 0.3) is 11.1 Å². The molecule has 0 unspecified atom stereocenters. The van der Waals surface area contributed by atoms with Crippen molar-refractivity contribution in [2.75, 3.05) is 6.61 Å². The van der Waals surface area contributed by atoms with Gasteiger partial charge < -0.3 is 9.47 Å². The summed E-state index contributed by atoms with van der Waals surface area (Å²) in [4.78, 5) is 27.0. The lowest BCUT2D eigenvalue weighted by molar-refractivity contribution is -0.123. The smallest absolute Gasteiger partial charge is 0.293 e. The highest BCUT2D eigenvalue weighted by atomic mass is 127. The van der Waals surface area contributed by atoms with Crippen LogP contribution in [0, 0.1) is 9.39 Å². The number of carbonyl (C=O) groups is 2. The first kappa shape index (κ1) is 26.8. The quantitative estimate of drug-likeness (QED) is 0.182. The van der Waals surface area contributed by atoms with Gasteiger partial charge in [-0.05, 0) is 88.8 Å². The van der Waals surface area contributed by atoms with Crippen LogP contribution in [0.25, 0.3) is 6.08 Å². The summed E-state index contributed by atoms with van der Waals surface area (Å²) < 4.78 is 26.5. The molecule has 2 amide bonds. The third kappa shape index (κ3) is 5.99. The Morgan fingerprint density at radius 1 is 1.06 bits per heavy atom. The summed E-state index contributed by atoms with van der Waals surface area (Å²) in [5, 5.41) is 0.392. The number of amides is 2. The molecule has 186 valence electrons. The molecule has 5 nitrogen and oxygen atoms in total. The molecule has 3 aromatic rings. The van der Waals surface area contributed by atoms with Crippen molar-refractivity contribution in [1.29, 1.82) is 0 Å². The van der Waals surface area contributed by atoms with Crippen LogP contribution in [0.5, 0.6) is 11.5 Å². The zero-order chi connectivity index (χ0) is 25.8. The first-order valence-electron chi connectivity index (χ1n) is 10.8. The van der Waals surface area contributed by atoms with Crippen molar-refractivity contribution in [3.63, 3.8) is 0 Å². The number of hydrogen-bond acceptors (Lipinski definition) is 5. The standard InChI is InChI=1S/C26H19Cl2FINO4S/c1-2-34-22-11-15(10-21(30)24(22)35-14-17-19(28)8-5-9-20(17)29)12-23-25(32)31(26(33)36-23)13-16-6-3-4-7-18(16)27/h3-12H,2,13-14H2,1H3/b23-12-. The molecular formula is C26H19Cl2FINO4S. The van der Waals surface area contributed by atoms with E-state index in [1.807, 2.05) is 6.92 Å². The van der Waals surface area contributed by atoms with E-state index in [-0.39, 0.29) is 33.9 Å². The highest BCUT2D eigenvalue weighted by molar-refractivity contribution is 14.1. The van der Waals surface area contributed by atoms with Crippen molar-refractivity contribution in [2.45, 2.75) is 20.1 Å². The fourth-order valence-corrected chi connectivity index (χ4v) is 5.51. The van der Waals surface area contributed by atoms with Crippen LogP contribution in [0.2, 0.25) is 10.0 Å². The number of ether oxygens (including phenoxy) is 2. The summed E-state index contributed by atoms with van der Waals surface area (Å²) in [7, 11) is 0. The minimum atomic E-state index is -0.459. The monoisotopic (exact) mass is 657 g/mol. The van der Waals surface area contributed by atoms with E-state index in [0.717, 1.165) is 11.8 Å². The maximum atomic E-state index is 14.2. The fourth-order valence-electron chi connectivity index (χ4n) is 3.47. The number of hydrogen-bond donors (Lipinski definition) is 0. The molecular weight excluding hydrogens is 639 g/mol. The molecule has 1 heterocycles. The second-order valence-corrected chi connectivity index (χ2v) is 10.6.